The van der Waals surface area contributed by atoms with Gasteiger partial charge in [-0.15, -0.1) is 0 Å². The SMILES string of the molecule is CCN(CC(C)C(=N)N)S(=O)(=O)N1CCCC(C)C1. The van der Waals surface area contributed by atoms with E-state index in [0.717, 1.165) is 12.8 Å². The van der Waals surface area contributed by atoms with Crippen LogP contribution in [0.15, 0.2) is 0 Å². The fourth-order valence-corrected chi connectivity index (χ4v) is 4.18. The predicted molar refractivity (Wildman–Crippen MR) is 77.2 cm³/mol. The molecule has 0 radical (unpaired) electrons. The van der Waals surface area contributed by atoms with Gasteiger partial charge < -0.3 is 5.73 Å². The van der Waals surface area contributed by atoms with Crippen molar-refractivity contribution in [3.05, 3.63) is 0 Å². The largest absolute Gasteiger partial charge is 0.387 e. The lowest BCUT2D eigenvalue weighted by atomic mass is 10.0. The minimum atomic E-state index is -3.42. The molecule has 2 atom stereocenters. The Morgan fingerprint density at radius 2 is 2.21 bits per heavy atom. The number of hydrogen-bond acceptors (Lipinski definition) is 3. The van der Waals surface area contributed by atoms with Crippen LogP contribution < -0.4 is 5.73 Å². The van der Waals surface area contributed by atoms with Crippen molar-refractivity contribution >= 4 is 16.0 Å². The highest BCUT2D eigenvalue weighted by molar-refractivity contribution is 7.86. The topological polar surface area (TPSA) is 90.5 Å². The number of amidine groups is 1. The van der Waals surface area contributed by atoms with Crippen LogP contribution in [0.5, 0.6) is 0 Å². The highest BCUT2D eigenvalue weighted by Gasteiger charge is 2.32. The van der Waals surface area contributed by atoms with Gasteiger partial charge in [-0.1, -0.05) is 20.8 Å². The maximum atomic E-state index is 12.6. The summed E-state index contributed by atoms with van der Waals surface area (Å²) in [6, 6.07) is 0. The molecule has 0 amide bonds. The molecule has 0 saturated carbocycles. The van der Waals surface area contributed by atoms with Gasteiger partial charge in [-0.3, -0.25) is 5.41 Å². The van der Waals surface area contributed by atoms with Gasteiger partial charge in [0.1, 0.15) is 0 Å². The molecule has 2 unspecified atom stereocenters. The van der Waals surface area contributed by atoms with Gasteiger partial charge in [0.2, 0.25) is 0 Å². The van der Waals surface area contributed by atoms with Gasteiger partial charge in [0, 0.05) is 32.1 Å². The van der Waals surface area contributed by atoms with Crippen molar-refractivity contribution in [3.63, 3.8) is 0 Å². The third-order valence-corrected chi connectivity index (χ3v) is 5.68. The van der Waals surface area contributed by atoms with E-state index in [-0.39, 0.29) is 18.3 Å². The van der Waals surface area contributed by atoms with Gasteiger partial charge >= 0.3 is 0 Å². The van der Waals surface area contributed by atoms with E-state index < -0.39 is 10.2 Å². The Kier molecular flexibility index (Phi) is 5.76. The van der Waals surface area contributed by atoms with Crippen LogP contribution in [0.25, 0.3) is 0 Å². The summed E-state index contributed by atoms with van der Waals surface area (Å²) in [5, 5.41) is 7.39. The number of nitrogens with zero attached hydrogens (tertiary/aromatic N) is 2. The second-order valence-corrected chi connectivity index (χ2v) is 7.35. The van der Waals surface area contributed by atoms with E-state index in [0.29, 0.717) is 25.6 Å². The summed E-state index contributed by atoms with van der Waals surface area (Å²) in [6.45, 7) is 7.54. The Morgan fingerprint density at radius 3 is 2.68 bits per heavy atom. The average Bonchev–Trinajstić information content (AvgIpc) is 2.35. The number of hydrogen-bond donors (Lipinski definition) is 2. The summed E-state index contributed by atoms with van der Waals surface area (Å²) in [7, 11) is -3.42. The lowest BCUT2D eigenvalue weighted by Gasteiger charge is -2.34. The van der Waals surface area contributed by atoms with Crippen molar-refractivity contribution < 1.29 is 8.42 Å². The summed E-state index contributed by atoms with van der Waals surface area (Å²) >= 11 is 0. The smallest absolute Gasteiger partial charge is 0.281 e. The molecule has 1 aliphatic heterocycles. The molecule has 0 aromatic rings. The molecule has 112 valence electrons. The second-order valence-electron chi connectivity index (χ2n) is 5.42. The highest BCUT2D eigenvalue weighted by atomic mass is 32.2. The first-order chi connectivity index (χ1) is 8.78. The van der Waals surface area contributed by atoms with Crippen molar-refractivity contribution in [1.29, 1.82) is 5.41 Å². The molecular weight excluding hydrogens is 264 g/mol. The fourth-order valence-electron chi connectivity index (χ4n) is 2.31. The Balaban J connectivity index is 2.80. The highest BCUT2D eigenvalue weighted by Crippen LogP contribution is 2.21. The average molecular weight is 290 g/mol. The predicted octanol–water partition coefficient (Wildman–Crippen LogP) is 0.857. The van der Waals surface area contributed by atoms with Gasteiger partial charge in [-0.05, 0) is 18.8 Å². The molecule has 0 aromatic heterocycles. The summed E-state index contributed by atoms with van der Waals surface area (Å²) in [5.41, 5.74) is 5.43. The number of nitrogens with two attached hydrogens (primary N) is 1. The fraction of sp³-hybridized carbons (Fsp3) is 0.917. The normalized spacial score (nSPS) is 23.5. The molecule has 1 heterocycles. The number of piperidine rings is 1. The van der Waals surface area contributed by atoms with Crippen LogP contribution in [0.2, 0.25) is 0 Å². The van der Waals surface area contributed by atoms with Gasteiger partial charge in [0.25, 0.3) is 10.2 Å². The Morgan fingerprint density at radius 1 is 1.58 bits per heavy atom. The maximum absolute atomic E-state index is 12.6. The van der Waals surface area contributed by atoms with Gasteiger partial charge in [0.05, 0.1) is 5.84 Å². The van der Waals surface area contributed by atoms with Crippen molar-refractivity contribution in [2.24, 2.45) is 17.6 Å². The summed E-state index contributed by atoms with van der Waals surface area (Å²) in [5.74, 6) is 0.185. The van der Waals surface area contributed by atoms with Crippen molar-refractivity contribution in [2.75, 3.05) is 26.2 Å². The van der Waals surface area contributed by atoms with E-state index in [1.165, 1.54) is 4.31 Å². The van der Waals surface area contributed by atoms with Crippen LogP contribution >= 0.6 is 0 Å². The molecule has 1 fully saturated rings. The lowest BCUT2D eigenvalue weighted by Crippen LogP contribution is -2.49. The van der Waals surface area contributed by atoms with E-state index in [9.17, 15) is 8.42 Å². The van der Waals surface area contributed by atoms with Crippen molar-refractivity contribution in [2.45, 2.75) is 33.6 Å². The van der Waals surface area contributed by atoms with Gasteiger partial charge in [0.15, 0.2) is 0 Å². The molecule has 1 aliphatic rings. The monoisotopic (exact) mass is 290 g/mol. The lowest BCUT2D eigenvalue weighted by molar-refractivity contribution is 0.256. The van der Waals surface area contributed by atoms with E-state index in [1.54, 1.807) is 11.2 Å². The van der Waals surface area contributed by atoms with Gasteiger partial charge in [-0.25, -0.2) is 0 Å². The molecule has 7 heteroatoms. The van der Waals surface area contributed by atoms with Crippen LogP contribution in [0.1, 0.15) is 33.6 Å². The first kappa shape index (κ1) is 16.4. The minimum absolute atomic E-state index is 0.0284. The standard InChI is InChI=1S/C12H26N4O2S/c1-4-15(9-11(3)12(13)14)19(17,18)16-7-5-6-10(2)8-16/h10-11H,4-9H2,1-3H3,(H3,13,14). The molecule has 19 heavy (non-hydrogen) atoms. The molecule has 3 N–H and O–H groups in total. The van der Waals surface area contributed by atoms with Crippen molar-refractivity contribution in [1.82, 2.24) is 8.61 Å². The Labute approximate surface area is 116 Å². The number of nitrogens with one attached hydrogen (secondary N) is 1. The zero-order valence-electron chi connectivity index (χ0n) is 12.1. The van der Waals surface area contributed by atoms with Gasteiger partial charge in [-0.2, -0.15) is 17.0 Å². The zero-order chi connectivity index (χ0) is 14.6. The van der Waals surface area contributed by atoms with E-state index in [1.807, 2.05) is 6.92 Å². The third kappa shape index (κ3) is 4.15. The van der Waals surface area contributed by atoms with Crippen LogP contribution in [0.4, 0.5) is 0 Å². The quantitative estimate of drug-likeness (QED) is 0.561. The molecule has 0 aliphatic carbocycles. The molecular formula is C12H26N4O2S. The third-order valence-electron chi connectivity index (χ3n) is 3.63. The first-order valence-corrected chi connectivity index (χ1v) is 8.27. The Hall–Kier alpha value is -0.660. The molecule has 1 saturated heterocycles. The molecule has 0 bridgehead atoms. The molecule has 6 nitrogen and oxygen atoms in total. The summed E-state index contributed by atoms with van der Waals surface area (Å²) < 4.78 is 28.1. The second kappa shape index (κ2) is 6.67. The van der Waals surface area contributed by atoms with Crippen LogP contribution in [-0.4, -0.2) is 49.0 Å². The molecule has 1 rings (SSSR count). The van der Waals surface area contributed by atoms with E-state index in [4.69, 9.17) is 11.1 Å². The summed E-state index contributed by atoms with van der Waals surface area (Å²) in [4.78, 5) is 0. The Bertz CT molecular complexity index is 410. The van der Waals surface area contributed by atoms with Crippen LogP contribution in [0, 0.1) is 17.2 Å². The first-order valence-electron chi connectivity index (χ1n) is 6.88. The molecule has 0 spiro atoms. The molecule has 0 aromatic carbocycles. The van der Waals surface area contributed by atoms with Crippen LogP contribution in [-0.2, 0) is 10.2 Å². The van der Waals surface area contributed by atoms with Crippen molar-refractivity contribution in [3.8, 4) is 0 Å². The van der Waals surface area contributed by atoms with E-state index >= 15 is 0 Å². The number of rotatable bonds is 6. The minimum Gasteiger partial charge on any atom is -0.387 e. The van der Waals surface area contributed by atoms with Crippen LogP contribution in [0.3, 0.4) is 0 Å². The zero-order valence-corrected chi connectivity index (χ0v) is 12.9. The maximum Gasteiger partial charge on any atom is 0.281 e. The summed E-state index contributed by atoms with van der Waals surface area (Å²) in [6.07, 6.45) is 2.00. The van der Waals surface area contributed by atoms with E-state index in [2.05, 4.69) is 6.92 Å².